The predicted molar refractivity (Wildman–Crippen MR) is 50.6 cm³/mol. The SMILES string of the molecule is CN/C=C(/C#N)C(=O)NCC(C)C. The van der Waals surface area contributed by atoms with Crippen molar-refractivity contribution >= 4 is 5.91 Å². The van der Waals surface area contributed by atoms with E-state index in [-0.39, 0.29) is 11.5 Å². The zero-order valence-electron chi connectivity index (χ0n) is 8.22. The summed E-state index contributed by atoms with van der Waals surface area (Å²) in [4.78, 5) is 11.2. The summed E-state index contributed by atoms with van der Waals surface area (Å²) in [5, 5.41) is 13.9. The fourth-order valence-electron chi connectivity index (χ4n) is 0.685. The molecule has 0 unspecified atom stereocenters. The van der Waals surface area contributed by atoms with Crippen LogP contribution >= 0.6 is 0 Å². The number of amides is 1. The molecular formula is C9H15N3O. The Hall–Kier alpha value is -1.50. The minimum Gasteiger partial charge on any atom is -0.393 e. The Morgan fingerprint density at radius 1 is 1.62 bits per heavy atom. The predicted octanol–water partition coefficient (Wildman–Crippen LogP) is 0.385. The molecule has 0 aliphatic rings. The molecule has 0 saturated heterocycles. The molecule has 0 spiro atoms. The molecule has 0 aromatic rings. The van der Waals surface area contributed by atoms with Gasteiger partial charge in [0, 0.05) is 19.8 Å². The Bertz CT molecular complexity index is 238. The molecule has 0 aliphatic carbocycles. The molecule has 72 valence electrons. The molecule has 0 atom stereocenters. The van der Waals surface area contributed by atoms with Crippen molar-refractivity contribution in [1.29, 1.82) is 5.26 Å². The summed E-state index contributed by atoms with van der Waals surface area (Å²) in [6.07, 6.45) is 1.38. The first-order valence-electron chi connectivity index (χ1n) is 4.17. The molecule has 13 heavy (non-hydrogen) atoms. The van der Waals surface area contributed by atoms with Crippen LogP contribution in [0.15, 0.2) is 11.8 Å². The van der Waals surface area contributed by atoms with Gasteiger partial charge >= 0.3 is 0 Å². The monoisotopic (exact) mass is 181 g/mol. The number of carbonyl (C=O) groups excluding carboxylic acids is 1. The van der Waals surface area contributed by atoms with Crippen LogP contribution in [0.25, 0.3) is 0 Å². The second kappa shape index (κ2) is 6.06. The van der Waals surface area contributed by atoms with Gasteiger partial charge in [-0.15, -0.1) is 0 Å². The fourth-order valence-corrected chi connectivity index (χ4v) is 0.685. The van der Waals surface area contributed by atoms with Gasteiger partial charge < -0.3 is 10.6 Å². The third kappa shape index (κ3) is 4.86. The van der Waals surface area contributed by atoms with E-state index in [4.69, 9.17) is 5.26 Å². The maximum atomic E-state index is 11.2. The minimum atomic E-state index is -0.328. The summed E-state index contributed by atoms with van der Waals surface area (Å²) in [6, 6.07) is 1.81. The largest absolute Gasteiger partial charge is 0.393 e. The van der Waals surface area contributed by atoms with E-state index in [0.29, 0.717) is 12.5 Å². The second-order valence-electron chi connectivity index (χ2n) is 3.06. The molecular weight excluding hydrogens is 166 g/mol. The Kier molecular flexibility index (Phi) is 5.37. The van der Waals surface area contributed by atoms with E-state index in [0.717, 1.165) is 0 Å². The van der Waals surface area contributed by atoms with Gasteiger partial charge in [0.25, 0.3) is 5.91 Å². The number of nitrogens with one attached hydrogen (secondary N) is 2. The average molecular weight is 181 g/mol. The lowest BCUT2D eigenvalue weighted by Crippen LogP contribution is -2.28. The van der Waals surface area contributed by atoms with Gasteiger partial charge in [-0.1, -0.05) is 13.8 Å². The second-order valence-corrected chi connectivity index (χ2v) is 3.06. The van der Waals surface area contributed by atoms with Crippen LogP contribution in [0.3, 0.4) is 0 Å². The Labute approximate surface area is 78.6 Å². The van der Waals surface area contributed by atoms with Crippen molar-refractivity contribution in [2.75, 3.05) is 13.6 Å². The van der Waals surface area contributed by atoms with Gasteiger partial charge in [-0.3, -0.25) is 4.79 Å². The zero-order valence-corrected chi connectivity index (χ0v) is 8.22. The molecule has 2 N–H and O–H groups in total. The van der Waals surface area contributed by atoms with E-state index in [2.05, 4.69) is 10.6 Å². The van der Waals surface area contributed by atoms with Crippen molar-refractivity contribution in [2.24, 2.45) is 5.92 Å². The molecule has 4 heteroatoms. The van der Waals surface area contributed by atoms with Gasteiger partial charge in [0.1, 0.15) is 11.6 Å². The van der Waals surface area contributed by atoms with Crippen LogP contribution in [0, 0.1) is 17.2 Å². The number of carbonyl (C=O) groups is 1. The number of hydrogen-bond acceptors (Lipinski definition) is 3. The van der Waals surface area contributed by atoms with Gasteiger partial charge in [-0.05, 0) is 5.92 Å². The summed E-state index contributed by atoms with van der Waals surface area (Å²) in [5.41, 5.74) is 0.100. The standard InChI is InChI=1S/C9H15N3O/c1-7(2)5-12-9(13)8(4-10)6-11-3/h6-7,11H,5H2,1-3H3,(H,12,13)/b8-6-. The van der Waals surface area contributed by atoms with E-state index >= 15 is 0 Å². The van der Waals surface area contributed by atoms with Gasteiger partial charge in [0.05, 0.1) is 0 Å². The highest BCUT2D eigenvalue weighted by molar-refractivity contribution is 5.97. The van der Waals surface area contributed by atoms with Gasteiger partial charge in [-0.2, -0.15) is 5.26 Å². The molecule has 0 radical (unpaired) electrons. The van der Waals surface area contributed by atoms with Crippen LogP contribution in [0.1, 0.15) is 13.8 Å². The summed E-state index contributed by atoms with van der Waals surface area (Å²) in [6.45, 7) is 4.57. The Morgan fingerprint density at radius 2 is 2.23 bits per heavy atom. The topological polar surface area (TPSA) is 64.9 Å². The maximum absolute atomic E-state index is 11.2. The average Bonchev–Trinajstić information content (AvgIpc) is 2.10. The number of rotatable bonds is 4. The number of nitriles is 1. The fraction of sp³-hybridized carbons (Fsp3) is 0.556. The highest BCUT2D eigenvalue weighted by atomic mass is 16.1. The molecule has 0 aromatic heterocycles. The quantitative estimate of drug-likeness (QED) is 0.487. The lowest BCUT2D eigenvalue weighted by Gasteiger charge is -2.06. The Balaban J connectivity index is 4.10. The Morgan fingerprint density at radius 3 is 2.62 bits per heavy atom. The van der Waals surface area contributed by atoms with Crippen LogP contribution in [0.5, 0.6) is 0 Å². The molecule has 4 nitrogen and oxygen atoms in total. The first kappa shape index (κ1) is 11.5. The third-order valence-electron chi connectivity index (χ3n) is 1.32. The van der Waals surface area contributed by atoms with E-state index < -0.39 is 0 Å². The van der Waals surface area contributed by atoms with Crippen molar-refractivity contribution in [3.05, 3.63) is 11.8 Å². The van der Waals surface area contributed by atoms with E-state index in [1.165, 1.54) is 6.20 Å². The minimum absolute atomic E-state index is 0.100. The summed E-state index contributed by atoms with van der Waals surface area (Å²) < 4.78 is 0. The van der Waals surface area contributed by atoms with Crippen LogP contribution in [0.2, 0.25) is 0 Å². The van der Waals surface area contributed by atoms with Gasteiger partial charge in [-0.25, -0.2) is 0 Å². The molecule has 0 saturated carbocycles. The van der Waals surface area contributed by atoms with E-state index in [1.807, 2.05) is 19.9 Å². The molecule has 0 rings (SSSR count). The maximum Gasteiger partial charge on any atom is 0.263 e. The zero-order chi connectivity index (χ0) is 10.3. The van der Waals surface area contributed by atoms with Crippen molar-refractivity contribution < 1.29 is 4.79 Å². The highest BCUT2D eigenvalue weighted by Crippen LogP contribution is 1.92. The smallest absolute Gasteiger partial charge is 0.263 e. The van der Waals surface area contributed by atoms with Crippen molar-refractivity contribution in [3.63, 3.8) is 0 Å². The van der Waals surface area contributed by atoms with Crippen molar-refractivity contribution in [1.82, 2.24) is 10.6 Å². The lowest BCUT2D eigenvalue weighted by atomic mass is 10.2. The summed E-state index contributed by atoms with van der Waals surface area (Å²) in [7, 11) is 1.65. The van der Waals surface area contributed by atoms with Gasteiger partial charge in [0.15, 0.2) is 0 Å². The molecule has 0 heterocycles. The first-order chi connectivity index (χ1) is 6.11. The summed E-state index contributed by atoms with van der Waals surface area (Å²) >= 11 is 0. The highest BCUT2D eigenvalue weighted by Gasteiger charge is 2.07. The van der Waals surface area contributed by atoms with E-state index in [1.54, 1.807) is 7.05 Å². The van der Waals surface area contributed by atoms with Crippen LogP contribution in [0.4, 0.5) is 0 Å². The van der Waals surface area contributed by atoms with Crippen molar-refractivity contribution in [2.45, 2.75) is 13.8 Å². The van der Waals surface area contributed by atoms with Crippen LogP contribution in [-0.2, 0) is 4.79 Å². The number of nitrogens with zero attached hydrogens (tertiary/aromatic N) is 1. The molecule has 1 amide bonds. The van der Waals surface area contributed by atoms with Crippen molar-refractivity contribution in [3.8, 4) is 6.07 Å². The lowest BCUT2D eigenvalue weighted by molar-refractivity contribution is -0.117. The third-order valence-corrected chi connectivity index (χ3v) is 1.32. The van der Waals surface area contributed by atoms with Crippen LogP contribution in [-0.4, -0.2) is 19.5 Å². The summed E-state index contributed by atoms with van der Waals surface area (Å²) in [5.74, 6) is 0.0593. The molecule has 0 aromatic carbocycles. The van der Waals surface area contributed by atoms with Gasteiger partial charge in [0.2, 0.25) is 0 Å². The van der Waals surface area contributed by atoms with Crippen LogP contribution < -0.4 is 10.6 Å². The molecule has 0 fully saturated rings. The normalized spacial score (nSPS) is 10.8. The molecule has 0 aliphatic heterocycles. The molecule has 0 bridgehead atoms. The first-order valence-corrected chi connectivity index (χ1v) is 4.17. The van der Waals surface area contributed by atoms with E-state index in [9.17, 15) is 4.79 Å². The number of hydrogen-bond donors (Lipinski definition) is 2.